The van der Waals surface area contributed by atoms with Gasteiger partial charge in [-0.3, -0.25) is 24.1 Å². The number of amides is 3. The van der Waals surface area contributed by atoms with Crippen LogP contribution in [0.1, 0.15) is 39.1 Å². The molecule has 3 amide bonds. The molecular formula is C22H21FN2O5. The molecule has 3 rings (SSSR count). The summed E-state index contributed by atoms with van der Waals surface area (Å²) in [6.07, 6.45) is 0.530. The van der Waals surface area contributed by atoms with Crippen LogP contribution >= 0.6 is 0 Å². The minimum absolute atomic E-state index is 0.0318. The molecule has 0 aromatic heterocycles. The zero-order valence-electron chi connectivity index (χ0n) is 16.2. The number of nitrogens with zero attached hydrogens (tertiary/aromatic N) is 1. The van der Waals surface area contributed by atoms with E-state index in [9.17, 15) is 23.6 Å². The van der Waals surface area contributed by atoms with Gasteiger partial charge in [0.15, 0.2) is 6.61 Å². The Balaban J connectivity index is 1.32. The molecular weight excluding hydrogens is 391 g/mol. The second kappa shape index (κ2) is 9.78. The normalized spacial score (nSPS) is 12.6. The maximum absolute atomic E-state index is 13.5. The number of ether oxygens (including phenoxy) is 1. The van der Waals surface area contributed by atoms with Crippen LogP contribution in [0.15, 0.2) is 48.5 Å². The Morgan fingerprint density at radius 3 is 2.27 bits per heavy atom. The molecule has 30 heavy (non-hydrogen) atoms. The molecule has 0 saturated carbocycles. The van der Waals surface area contributed by atoms with Gasteiger partial charge in [0, 0.05) is 19.5 Å². The van der Waals surface area contributed by atoms with Gasteiger partial charge in [-0.25, -0.2) is 4.39 Å². The summed E-state index contributed by atoms with van der Waals surface area (Å²) in [6, 6.07) is 12.8. The molecule has 0 saturated heterocycles. The van der Waals surface area contributed by atoms with Gasteiger partial charge in [-0.1, -0.05) is 30.3 Å². The Hall–Kier alpha value is -3.55. The molecule has 0 fully saturated rings. The Morgan fingerprint density at radius 2 is 1.60 bits per heavy atom. The molecule has 0 radical (unpaired) electrons. The van der Waals surface area contributed by atoms with Crippen molar-refractivity contribution in [3.8, 4) is 0 Å². The number of hydrogen-bond acceptors (Lipinski definition) is 5. The molecule has 156 valence electrons. The number of hydrogen-bond donors (Lipinski definition) is 1. The van der Waals surface area contributed by atoms with Crippen LogP contribution in [-0.4, -0.2) is 48.3 Å². The molecule has 2 aromatic carbocycles. The van der Waals surface area contributed by atoms with E-state index in [4.69, 9.17) is 4.74 Å². The fraction of sp³-hybridized carbons (Fsp3) is 0.273. The van der Waals surface area contributed by atoms with Crippen LogP contribution in [0.2, 0.25) is 0 Å². The zero-order valence-corrected chi connectivity index (χ0v) is 16.2. The van der Waals surface area contributed by atoms with E-state index < -0.39 is 18.5 Å². The molecule has 2 aromatic rings. The summed E-state index contributed by atoms with van der Waals surface area (Å²) >= 11 is 0. The summed E-state index contributed by atoms with van der Waals surface area (Å²) < 4.78 is 18.4. The number of carbonyl (C=O) groups is 4. The maximum Gasteiger partial charge on any atom is 0.306 e. The van der Waals surface area contributed by atoms with Gasteiger partial charge in [-0.05, 0) is 36.6 Å². The number of imide groups is 1. The van der Waals surface area contributed by atoms with Crippen LogP contribution < -0.4 is 5.32 Å². The van der Waals surface area contributed by atoms with Crippen molar-refractivity contribution in [1.82, 2.24) is 10.2 Å². The molecule has 1 heterocycles. The summed E-state index contributed by atoms with van der Waals surface area (Å²) in [5, 5.41) is 2.56. The van der Waals surface area contributed by atoms with Crippen molar-refractivity contribution >= 4 is 23.7 Å². The molecule has 0 spiro atoms. The van der Waals surface area contributed by atoms with E-state index in [0.29, 0.717) is 23.1 Å². The molecule has 0 aliphatic carbocycles. The molecule has 0 unspecified atom stereocenters. The van der Waals surface area contributed by atoms with Gasteiger partial charge < -0.3 is 10.1 Å². The van der Waals surface area contributed by atoms with Gasteiger partial charge in [0.1, 0.15) is 5.82 Å². The number of benzene rings is 2. The first-order valence-corrected chi connectivity index (χ1v) is 9.58. The number of halogens is 1. The van der Waals surface area contributed by atoms with E-state index in [1.165, 1.54) is 6.07 Å². The first-order valence-electron chi connectivity index (χ1n) is 9.58. The highest BCUT2D eigenvalue weighted by molar-refractivity contribution is 6.21. The van der Waals surface area contributed by atoms with Crippen molar-refractivity contribution in [2.24, 2.45) is 0 Å². The van der Waals surface area contributed by atoms with Gasteiger partial charge in [-0.15, -0.1) is 0 Å². The number of esters is 1. The lowest BCUT2D eigenvalue weighted by Crippen LogP contribution is -2.32. The highest BCUT2D eigenvalue weighted by Crippen LogP contribution is 2.22. The van der Waals surface area contributed by atoms with Crippen molar-refractivity contribution in [3.63, 3.8) is 0 Å². The van der Waals surface area contributed by atoms with Gasteiger partial charge in [-0.2, -0.15) is 0 Å². The lowest BCUT2D eigenvalue weighted by Gasteiger charge is -2.13. The van der Waals surface area contributed by atoms with E-state index in [-0.39, 0.29) is 43.6 Å². The van der Waals surface area contributed by atoms with E-state index in [1.54, 1.807) is 42.5 Å². The molecule has 1 aliphatic rings. The highest BCUT2D eigenvalue weighted by atomic mass is 19.1. The lowest BCUT2D eigenvalue weighted by atomic mass is 10.1. The molecule has 1 N–H and O–H groups in total. The molecule has 1 aliphatic heterocycles. The van der Waals surface area contributed by atoms with Crippen LogP contribution in [0.5, 0.6) is 0 Å². The van der Waals surface area contributed by atoms with Crippen molar-refractivity contribution in [3.05, 3.63) is 71.0 Å². The second-order valence-electron chi connectivity index (χ2n) is 6.76. The van der Waals surface area contributed by atoms with Crippen LogP contribution in [0.3, 0.4) is 0 Å². The third-order valence-corrected chi connectivity index (χ3v) is 4.68. The third kappa shape index (κ3) is 5.08. The number of carbonyl (C=O) groups excluding carboxylic acids is 4. The largest absolute Gasteiger partial charge is 0.456 e. The fourth-order valence-corrected chi connectivity index (χ4v) is 3.13. The average Bonchev–Trinajstić information content (AvgIpc) is 2.99. The number of fused-ring (bicyclic) bond motifs is 1. The fourth-order valence-electron chi connectivity index (χ4n) is 3.13. The van der Waals surface area contributed by atoms with E-state index in [2.05, 4.69) is 5.32 Å². The van der Waals surface area contributed by atoms with Crippen LogP contribution in [0, 0.1) is 5.82 Å². The topological polar surface area (TPSA) is 92.8 Å². The predicted molar refractivity (Wildman–Crippen MR) is 105 cm³/mol. The minimum atomic E-state index is -0.601. The lowest BCUT2D eigenvalue weighted by molar-refractivity contribution is -0.148. The summed E-state index contributed by atoms with van der Waals surface area (Å²) in [5.74, 6) is -2.18. The van der Waals surface area contributed by atoms with Crippen LogP contribution in [0.25, 0.3) is 0 Å². The van der Waals surface area contributed by atoms with E-state index in [1.807, 2.05) is 0 Å². The Labute approximate surface area is 172 Å². The highest BCUT2D eigenvalue weighted by Gasteiger charge is 2.34. The molecule has 0 bridgehead atoms. The predicted octanol–water partition coefficient (Wildman–Crippen LogP) is 2.10. The monoisotopic (exact) mass is 412 g/mol. The van der Waals surface area contributed by atoms with Gasteiger partial charge in [0.2, 0.25) is 0 Å². The number of rotatable bonds is 9. The summed E-state index contributed by atoms with van der Waals surface area (Å²) in [5.41, 5.74) is 1.21. The Bertz CT molecular complexity index is 941. The van der Waals surface area contributed by atoms with Crippen molar-refractivity contribution in [1.29, 1.82) is 0 Å². The maximum atomic E-state index is 13.5. The van der Waals surface area contributed by atoms with E-state index >= 15 is 0 Å². The van der Waals surface area contributed by atoms with E-state index in [0.717, 1.165) is 4.90 Å². The minimum Gasteiger partial charge on any atom is -0.456 e. The second-order valence-corrected chi connectivity index (χ2v) is 6.76. The molecule has 0 atom stereocenters. The molecule has 8 heteroatoms. The Kier molecular flexibility index (Phi) is 6.90. The van der Waals surface area contributed by atoms with Gasteiger partial charge in [0.25, 0.3) is 17.7 Å². The molecule has 7 nitrogen and oxygen atoms in total. The summed E-state index contributed by atoms with van der Waals surface area (Å²) in [4.78, 5) is 49.1. The third-order valence-electron chi connectivity index (χ3n) is 4.68. The number of nitrogens with one attached hydrogen (secondary N) is 1. The van der Waals surface area contributed by atoms with Crippen LogP contribution in [-0.2, 0) is 20.7 Å². The Morgan fingerprint density at radius 1 is 0.967 bits per heavy atom. The first kappa shape index (κ1) is 21.2. The van der Waals surface area contributed by atoms with Crippen molar-refractivity contribution in [2.75, 3.05) is 19.7 Å². The first-order chi connectivity index (χ1) is 14.5. The summed E-state index contributed by atoms with van der Waals surface area (Å²) in [6.45, 7) is -0.129. The smallest absolute Gasteiger partial charge is 0.306 e. The summed E-state index contributed by atoms with van der Waals surface area (Å²) in [7, 11) is 0. The van der Waals surface area contributed by atoms with Gasteiger partial charge >= 0.3 is 5.97 Å². The van der Waals surface area contributed by atoms with Crippen molar-refractivity contribution in [2.45, 2.75) is 19.3 Å². The average molecular weight is 412 g/mol. The SMILES string of the molecule is O=C(COC(=O)CCCN1C(=O)c2ccccc2C1=O)NCCc1ccccc1F. The quantitative estimate of drug-likeness (QED) is 0.503. The standard InChI is InChI=1S/C22H21FN2O5/c23-18-9-4-1-6-15(18)11-12-24-19(26)14-30-20(27)10-5-13-25-21(28)16-7-2-3-8-17(16)22(25)29/h1-4,6-9H,5,10-14H2,(H,24,26). The van der Waals surface area contributed by atoms with Gasteiger partial charge in [0.05, 0.1) is 11.1 Å². The van der Waals surface area contributed by atoms with Crippen molar-refractivity contribution < 1.29 is 28.3 Å². The zero-order chi connectivity index (χ0) is 21.5. The van der Waals surface area contributed by atoms with Crippen LogP contribution in [0.4, 0.5) is 4.39 Å².